The van der Waals surface area contributed by atoms with E-state index in [-0.39, 0.29) is 5.41 Å². The van der Waals surface area contributed by atoms with Crippen molar-refractivity contribution in [2.45, 2.75) is 58.8 Å². The van der Waals surface area contributed by atoms with Crippen LogP contribution in [-0.2, 0) is 5.41 Å². The van der Waals surface area contributed by atoms with E-state index in [0.717, 1.165) is 25.7 Å². The van der Waals surface area contributed by atoms with Gasteiger partial charge in [0.05, 0.1) is 0 Å². The molecular weight excluding hydrogens is 300 g/mol. The highest BCUT2D eigenvalue weighted by Crippen LogP contribution is 2.57. The largest absolute Gasteiger partial charge is 0.0639 e. The van der Waals surface area contributed by atoms with Crippen molar-refractivity contribution in [3.63, 3.8) is 0 Å². The molecule has 2 aromatic carbocycles. The average molecular weight is 331 g/mol. The van der Waals surface area contributed by atoms with Gasteiger partial charge in [-0.2, -0.15) is 0 Å². The molecule has 0 amide bonds. The fraction of sp³-hybridized carbons (Fsp3) is 0.360. The lowest BCUT2D eigenvalue weighted by Gasteiger charge is -2.36. The number of allylic oxidation sites excluding steroid dienone is 4. The smallest absolute Gasteiger partial charge is 0.0422 e. The third-order valence-electron chi connectivity index (χ3n) is 5.89. The van der Waals surface area contributed by atoms with E-state index in [0.29, 0.717) is 0 Å². The van der Waals surface area contributed by atoms with Crippen LogP contribution in [0.4, 0.5) is 0 Å². The molecule has 130 valence electrons. The van der Waals surface area contributed by atoms with Gasteiger partial charge in [-0.1, -0.05) is 93.9 Å². The van der Waals surface area contributed by atoms with Gasteiger partial charge < -0.3 is 0 Å². The topological polar surface area (TPSA) is 0 Å². The molecule has 0 N–H and O–H groups in total. The van der Waals surface area contributed by atoms with Gasteiger partial charge in [0.2, 0.25) is 0 Å². The molecule has 3 rings (SSSR count). The summed E-state index contributed by atoms with van der Waals surface area (Å²) >= 11 is 0. The number of hydrogen-bond acceptors (Lipinski definition) is 0. The first-order valence-corrected chi connectivity index (χ1v) is 9.81. The molecule has 1 aliphatic rings. The summed E-state index contributed by atoms with van der Waals surface area (Å²) in [4.78, 5) is 0. The fourth-order valence-electron chi connectivity index (χ4n) is 4.99. The first-order valence-electron chi connectivity index (χ1n) is 9.81. The van der Waals surface area contributed by atoms with Crippen LogP contribution in [0.15, 0.2) is 77.4 Å². The molecule has 0 aliphatic heterocycles. The quantitative estimate of drug-likeness (QED) is 0.520. The molecule has 0 spiro atoms. The highest BCUT2D eigenvalue weighted by atomic mass is 14.5. The zero-order chi connectivity index (χ0) is 17.9. The maximum atomic E-state index is 2.36. The first kappa shape index (κ1) is 17.7. The van der Waals surface area contributed by atoms with Crippen molar-refractivity contribution in [1.29, 1.82) is 0 Å². The van der Waals surface area contributed by atoms with E-state index < -0.39 is 0 Å². The van der Waals surface area contributed by atoms with E-state index in [1.807, 2.05) is 0 Å². The van der Waals surface area contributed by atoms with Gasteiger partial charge in [0.25, 0.3) is 0 Å². The molecule has 1 atom stereocenters. The van der Waals surface area contributed by atoms with Crippen molar-refractivity contribution in [1.82, 2.24) is 0 Å². The Balaban J connectivity index is 2.39. The van der Waals surface area contributed by atoms with Gasteiger partial charge in [-0.3, -0.25) is 0 Å². The molecule has 2 aromatic rings. The van der Waals surface area contributed by atoms with E-state index in [1.165, 1.54) is 11.1 Å². The van der Waals surface area contributed by atoms with Gasteiger partial charge in [0.1, 0.15) is 0 Å². The second-order valence-electron chi connectivity index (χ2n) is 6.86. The second kappa shape index (κ2) is 7.44. The van der Waals surface area contributed by atoms with Crippen LogP contribution < -0.4 is 0 Å². The third kappa shape index (κ3) is 2.68. The maximum absolute atomic E-state index is 2.36. The summed E-state index contributed by atoms with van der Waals surface area (Å²) in [7, 11) is 0. The van der Waals surface area contributed by atoms with Gasteiger partial charge in [-0.25, -0.2) is 0 Å². The number of benzene rings is 2. The predicted molar refractivity (Wildman–Crippen MR) is 110 cm³/mol. The summed E-state index contributed by atoms with van der Waals surface area (Å²) in [6, 6.07) is 22.2. The zero-order valence-corrected chi connectivity index (χ0v) is 16.1. The lowest BCUT2D eigenvalue weighted by atomic mass is 9.66. The Labute approximate surface area is 153 Å². The highest BCUT2D eigenvalue weighted by molar-refractivity contribution is 5.88. The van der Waals surface area contributed by atoms with Crippen LogP contribution in [0.1, 0.15) is 64.5 Å². The Hall–Kier alpha value is -2.08. The van der Waals surface area contributed by atoms with Crippen molar-refractivity contribution >= 4 is 5.57 Å². The maximum Gasteiger partial charge on any atom is 0.0422 e. The normalized spacial score (nSPS) is 20.5. The van der Waals surface area contributed by atoms with Crippen LogP contribution in [0.25, 0.3) is 5.57 Å². The molecule has 0 bridgehead atoms. The number of hydrogen-bond donors (Lipinski definition) is 0. The van der Waals surface area contributed by atoms with E-state index >= 15 is 0 Å². The molecular formula is C25H30. The summed E-state index contributed by atoms with van der Waals surface area (Å²) in [5.74, 6) is 0. The summed E-state index contributed by atoms with van der Waals surface area (Å²) in [5, 5.41) is 0. The zero-order valence-electron chi connectivity index (χ0n) is 16.1. The molecule has 1 aliphatic carbocycles. The number of rotatable bonds is 6. The lowest BCUT2D eigenvalue weighted by Crippen LogP contribution is -2.28. The molecule has 0 heteroatoms. The van der Waals surface area contributed by atoms with Crippen LogP contribution in [-0.4, -0.2) is 0 Å². The van der Waals surface area contributed by atoms with Gasteiger partial charge >= 0.3 is 0 Å². The standard InChI is InChI=1S/C25H30/c1-5-21-22(6-2)24(19-15-11-9-12-16-19)25(8-4,23(21)7-3)20-17-13-10-14-18-20/h9-18H,5-8H2,1-4H3. The van der Waals surface area contributed by atoms with Gasteiger partial charge in [0, 0.05) is 5.41 Å². The van der Waals surface area contributed by atoms with Crippen LogP contribution >= 0.6 is 0 Å². The summed E-state index contributed by atoms with van der Waals surface area (Å²) in [6.07, 6.45) is 4.45. The lowest BCUT2D eigenvalue weighted by molar-refractivity contribution is 0.605. The molecule has 0 radical (unpaired) electrons. The molecule has 0 fully saturated rings. The average Bonchev–Trinajstić information content (AvgIpc) is 2.98. The Morgan fingerprint density at radius 2 is 1.20 bits per heavy atom. The van der Waals surface area contributed by atoms with Crippen LogP contribution in [0, 0.1) is 0 Å². The van der Waals surface area contributed by atoms with E-state index in [1.54, 1.807) is 22.3 Å². The Kier molecular flexibility index (Phi) is 5.27. The van der Waals surface area contributed by atoms with Crippen molar-refractivity contribution < 1.29 is 0 Å². The summed E-state index contributed by atoms with van der Waals surface area (Å²) in [6.45, 7) is 9.33. The monoisotopic (exact) mass is 330 g/mol. The van der Waals surface area contributed by atoms with Crippen molar-refractivity contribution in [3.05, 3.63) is 88.5 Å². The molecule has 25 heavy (non-hydrogen) atoms. The van der Waals surface area contributed by atoms with Crippen molar-refractivity contribution in [2.75, 3.05) is 0 Å². The minimum absolute atomic E-state index is 0.0219. The molecule has 0 saturated carbocycles. The highest BCUT2D eigenvalue weighted by Gasteiger charge is 2.45. The van der Waals surface area contributed by atoms with Crippen molar-refractivity contribution in [3.8, 4) is 0 Å². The molecule has 0 nitrogen and oxygen atoms in total. The molecule has 0 heterocycles. The molecule has 1 unspecified atom stereocenters. The summed E-state index contributed by atoms with van der Waals surface area (Å²) < 4.78 is 0. The van der Waals surface area contributed by atoms with Crippen LogP contribution in [0.5, 0.6) is 0 Å². The summed E-state index contributed by atoms with van der Waals surface area (Å²) in [5.41, 5.74) is 9.24. The van der Waals surface area contributed by atoms with E-state index in [9.17, 15) is 0 Å². The van der Waals surface area contributed by atoms with Crippen LogP contribution in [0.2, 0.25) is 0 Å². The predicted octanol–water partition coefficient (Wildman–Crippen LogP) is 7.33. The van der Waals surface area contributed by atoms with Crippen molar-refractivity contribution in [2.24, 2.45) is 0 Å². The minimum atomic E-state index is 0.0219. The van der Waals surface area contributed by atoms with E-state index in [2.05, 4.69) is 88.4 Å². The van der Waals surface area contributed by atoms with Crippen LogP contribution in [0.3, 0.4) is 0 Å². The third-order valence-corrected chi connectivity index (χ3v) is 5.89. The second-order valence-corrected chi connectivity index (χ2v) is 6.86. The molecule has 0 saturated heterocycles. The first-order chi connectivity index (χ1) is 12.2. The Morgan fingerprint density at radius 1 is 0.640 bits per heavy atom. The van der Waals surface area contributed by atoms with Gasteiger partial charge in [-0.05, 0) is 53.5 Å². The molecule has 0 aromatic heterocycles. The fourth-order valence-corrected chi connectivity index (χ4v) is 4.99. The Morgan fingerprint density at radius 3 is 1.68 bits per heavy atom. The minimum Gasteiger partial charge on any atom is -0.0639 e. The Bertz CT molecular complexity index is 777. The van der Waals surface area contributed by atoms with E-state index in [4.69, 9.17) is 0 Å². The SMILES string of the molecule is CCC1=C(CC)C(CC)(c2ccccc2)C(c2ccccc2)=C1CC. The van der Waals surface area contributed by atoms with Gasteiger partial charge in [0.15, 0.2) is 0 Å². The van der Waals surface area contributed by atoms with Gasteiger partial charge in [-0.15, -0.1) is 0 Å².